The van der Waals surface area contributed by atoms with Crippen LogP contribution in [0.1, 0.15) is 28.8 Å². The Morgan fingerprint density at radius 1 is 1.00 bits per heavy atom. The van der Waals surface area contributed by atoms with Crippen LogP contribution in [-0.2, 0) is 0 Å². The van der Waals surface area contributed by atoms with Crippen molar-refractivity contribution in [3.8, 4) is 0 Å². The van der Waals surface area contributed by atoms with Gasteiger partial charge in [0.15, 0.2) is 0 Å². The molecule has 104 valence electrons. The van der Waals surface area contributed by atoms with Crippen molar-refractivity contribution in [1.82, 2.24) is 0 Å². The number of nitrogens with one attached hydrogen (secondary N) is 1. The minimum atomic E-state index is -0.0927. The van der Waals surface area contributed by atoms with Crippen molar-refractivity contribution in [2.75, 3.05) is 5.32 Å². The van der Waals surface area contributed by atoms with Gasteiger partial charge >= 0.3 is 0 Å². The lowest BCUT2D eigenvalue weighted by atomic mass is 10.0. The van der Waals surface area contributed by atoms with E-state index >= 15 is 0 Å². The summed E-state index contributed by atoms with van der Waals surface area (Å²) >= 11 is 0. The second-order valence-corrected chi connectivity index (χ2v) is 4.92. The summed E-state index contributed by atoms with van der Waals surface area (Å²) in [5.41, 5.74) is 3.85. The number of carbonyl (C=O) groups excluding carboxylic acids is 1. The van der Waals surface area contributed by atoms with Gasteiger partial charge in [0.1, 0.15) is 0 Å². The van der Waals surface area contributed by atoms with Crippen LogP contribution in [0.5, 0.6) is 0 Å². The Kier molecular flexibility index (Phi) is 3.92. The van der Waals surface area contributed by atoms with E-state index in [9.17, 15) is 4.79 Å². The number of rotatable bonds is 3. The number of benzene rings is 2. The summed E-state index contributed by atoms with van der Waals surface area (Å²) in [5, 5.41) is 2.90. The molecule has 3 rings (SSSR count). The third kappa shape index (κ3) is 3.26. The van der Waals surface area contributed by atoms with Crippen molar-refractivity contribution >= 4 is 23.4 Å². The highest BCUT2D eigenvalue weighted by Crippen LogP contribution is 2.23. The number of hydrogen-bond acceptors (Lipinski definition) is 2. The van der Waals surface area contributed by atoms with Crippen LogP contribution in [0.4, 0.5) is 5.69 Å². The molecular formula is C18H16N2O. The van der Waals surface area contributed by atoms with Crippen LogP contribution < -0.4 is 5.32 Å². The van der Waals surface area contributed by atoms with Crippen LogP contribution in [0.2, 0.25) is 0 Å². The smallest absolute Gasteiger partial charge is 0.255 e. The quantitative estimate of drug-likeness (QED) is 0.899. The normalized spacial score (nSPS) is 13.6. The lowest BCUT2D eigenvalue weighted by molar-refractivity contribution is 0.102. The summed E-state index contributed by atoms with van der Waals surface area (Å²) in [7, 11) is 0. The van der Waals surface area contributed by atoms with E-state index in [-0.39, 0.29) is 5.91 Å². The highest BCUT2D eigenvalue weighted by atomic mass is 16.1. The first-order valence-corrected chi connectivity index (χ1v) is 7.00. The number of amides is 1. The molecule has 21 heavy (non-hydrogen) atoms. The summed E-state index contributed by atoms with van der Waals surface area (Å²) in [5.74, 6) is -0.0927. The van der Waals surface area contributed by atoms with Gasteiger partial charge < -0.3 is 5.32 Å². The monoisotopic (exact) mass is 276 g/mol. The Labute approximate surface area is 124 Å². The Bertz CT molecular complexity index is 685. The molecule has 0 saturated heterocycles. The van der Waals surface area contributed by atoms with Gasteiger partial charge in [-0.25, -0.2) is 0 Å². The zero-order chi connectivity index (χ0) is 14.5. The molecule has 0 bridgehead atoms. The zero-order valence-electron chi connectivity index (χ0n) is 11.6. The number of nitrogens with zero attached hydrogens (tertiary/aromatic N) is 1. The van der Waals surface area contributed by atoms with Gasteiger partial charge in [0.25, 0.3) is 5.91 Å². The maximum atomic E-state index is 12.1. The van der Waals surface area contributed by atoms with Gasteiger partial charge in [0, 0.05) is 23.7 Å². The van der Waals surface area contributed by atoms with Gasteiger partial charge in [-0.05, 0) is 48.2 Å². The fourth-order valence-corrected chi connectivity index (χ4v) is 2.28. The zero-order valence-corrected chi connectivity index (χ0v) is 11.6. The summed E-state index contributed by atoms with van der Waals surface area (Å²) in [6, 6.07) is 17.1. The molecule has 0 aliphatic carbocycles. The van der Waals surface area contributed by atoms with Gasteiger partial charge in [-0.15, -0.1) is 0 Å². The van der Waals surface area contributed by atoms with Crippen molar-refractivity contribution in [2.24, 2.45) is 4.99 Å². The molecule has 0 aromatic heterocycles. The maximum absolute atomic E-state index is 12.1. The molecule has 3 heteroatoms. The first-order chi connectivity index (χ1) is 10.3. The van der Waals surface area contributed by atoms with Crippen molar-refractivity contribution in [3.05, 3.63) is 71.9 Å². The van der Waals surface area contributed by atoms with E-state index in [1.165, 1.54) is 5.57 Å². The van der Waals surface area contributed by atoms with E-state index in [4.69, 9.17) is 0 Å². The molecule has 0 spiro atoms. The van der Waals surface area contributed by atoms with Gasteiger partial charge in [-0.1, -0.05) is 30.3 Å². The highest BCUT2D eigenvalue weighted by Gasteiger charge is 2.07. The average molecular weight is 276 g/mol. The molecule has 1 aliphatic heterocycles. The topological polar surface area (TPSA) is 41.5 Å². The summed E-state index contributed by atoms with van der Waals surface area (Å²) in [4.78, 5) is 16.2. The van der Waals surface area contributed by atoms with Crippen LogP contribution in [0.3, 0.4) is 0 Å². The van der Waals surface area contributed by atoms with Gasteiger partial charge in [-0.2, -0.15) is 0 Å². The molecule has 1 aliphatic rings. The predicted octanol–water partition coefficient (Wildman–Crippen LogP) is 4.14. The number of hydrogen-bond donors (Lipinski definition) is 1. The second kappa shape index (κ2) is 6.18. The molecule has 3 nitrogen and oxygen atoms in total. The van der Waals surface area contributed by atoms with Crippen LogP contribution >= 0.6 is 0 Å². The predicted molar refractivity (Wildman–Crippen MR) is 86.5 cm³/mol. The number of anilines is 1. The van der Waals surface area contributed by atoms with Crippen LogP contribution in [-0.4, -0.2) is 12.1 Å². The number of aliphatic imine (C=N–C) groups is 1. The highest BCUT2D eigenvalue weighted by molar-refractivity contribution is 6.04. The van der Waals surface area contributed by atoms with Crippen molar-refractivity contribution in [3.63, 3.8) is 0 Å². The Morgan fingerprint density at radius 3 is 2.43 bits per heavy atom. The lowest BCUT2D eigenvalue weighted by Gasteiger charge is -2.10. The SMILES string of the molecule is O=C(Nc1ccc(C2=CN=CCC2)cc1)c1ccccc1. The third-order valence-electron chi connectivity index (χ3n) is 3.43. The van der Waals surface area contributed by atoms with Gasteiger partial charge in [0.2, 0.25) is 0 Å². The van der Waals surface area contributed by atoms with Crippen LogP contribution in [0.25, 0.3) is 5.57 Å². The number of allylic oxidation sites excluding steroid dienone is 1. The molecule has 0 saturated carbocycles. The molecular weight excluding hydrogens is 260 g/mol. The molecule has 1 heterocycles. The summed E-state index contributed by atoms with van der Waals surface area (Å²) in [6.45, 7) is 0. The molecule has 0 radical (unpaired) electrons. The molecule has 0 unspecified atom stereocenters. The molecule has 2 aromatic rings. The largest absolute Gasteiger partial charge is 0.322 e. The maximum Gasteiger partial charge on any atom is 0.255 e. The fraction of sp³-hybridized carbons (Fsp3) is 0.111. The Morgan fingerprint density at radius 2 is 1.76 bits per heavy atom. The van der Waals surface area contributed by atoms with E-state index in [0.29, 0.717) is 5.56 Å². The second-order valence-electron chi connectivity index (χ2n) is 4.92. The Hall–Kier alpha value is -2.68. The molecule has 0 atom stereocenters. The average Bonchev–Trinajstić information content (AvgIpc) is 2.57. The first kappa shape index (κ1) is 13.3. The van der Waals surface area contributed by atoms with E-state index in [0.717, 1.165) is 24.1 Å². The van der Waals surface area contributed by atoms with Crippen LogP contribution in [0, 0.1) is 0 Å². The molecule has 1 amide bonds. The van der Waals surface area contributed by atoms with Crippen molar-refractivity contribution in [1.29, 1.82) is 0 Å². The minimum absolute atomic E-state index is 0.0927. The summed E-state index contributed by atoms with van der Waals surface area (Å²) < 4.78 is 0. The third-order valence-corrected chi connectivity index (χ3v) is 3.43. The lowest BCUT2D eigenvalue weighted by Crippen LogP contribution is -2.11. The van der Waals surface area contributed by atoms with Crippen molar-refractivity contribution in [2.45, 2.75) is 12.8 Å². The van der Waals surface area contributed by atoms with E-state index < -0.39 is 0 Å². The number of carbonyl (C=O) groups is 1. The van der Waals surface area contributed by atoms with Crippen LogP contribution in [0.15, 0.2) is 65.8 Å². The standard InChI is InChI=1S/C18H16N2O/c21-18(15-5-2-1-3-6-15)20-17-10-8-14(9-11-17)16-7-4-12-19-13-16/h1-3,5-6,8-13H,4,7H2,(H,20,21). The fourth-order valence-electron chi connectivity index (χ4n) is 2.28. The molecule has 2 aromatic carbocycles. The van der Waals surface area contributed by atoms with E-state index in [1.807, 2.05) is 54.9 Å². The molecule has 1 N–H and O–H groups in total. The van der Waals surface area contributed by atoms with Crippen molar-refractivity contribution < 1.29 is 4.79 Å². The summed E-state index contributed by atoms with van der Waals surface area (Å²) in [6.07, 6.45) is 5.83. The Balaban J connectivity index is 1.71. The van der Waals surface area contributed by atoms with E-state index in [1.54, 1.807) is 12.1 Å². The first-order valence-electron chi connectivity index (χ1n) is 7.00. The van der Waals surface area contributed by atoms with E-state index in [2.05, 4.69) is 10.3 Å². The minimum Gasteiger partial charge on any atom is -0.322 e. The van der Waals surface area contributed by atoms with Gasteiger partial charge in [0.05, 0.1) is 0 Å². The molecule has 0 fully saturated rings. The van der Waals surface area contributed by atoms with Gasteiger partial charge in [-0.3, -0.25) is 9.79 Å².